The van der Waals surface area contributed by atoms with Gasteiger partial charge in [0.15, 0.2) is 5.75 Å². The van der Waals surface area contributed by atoms with Crippen molar-refractivity contribution in [3.8, 4) is 5.75 Å². The Morgan fingerprint density at radius 1 is 1.25 bits per heavy atom. The first-order valence-electron chi connectivity index (χ1n) is 5.40. The summed E-state index contributed by atoms with van der Waals surface area (Å²) in [6.45, 7) is 6.44. The van der Waals surface area contributed by atoms with E-state index in [9.17, 15) is 5.11 Å². The van der Waals surface area contributed by atoms with Crippen LogP contribution in [0.5, 0.6) is 5.75 Å². The number of rotatable bonds is 4. The van der Waals surface area contributed by atoms with Crippen molar-refractivity contribution < 1.29 is 5.11 Å². The molecule has 90 valence electrons. The Kier molecular flexibility index (Phi) is 4.75. The topological polar surface area (TPSA) is 32.3 Å². The normalized spacial score (nSPS) is 12.9. The minimum atomic E-state index is -0.0634. The summed E-state index contributed by atoms with van der Waals surface area (Å²) in [6.07, 6.45) is 1.02. The summed E-state index contributed by atoms with van der Waals surface area (Å²) < 4.78 is 0. The summed E-state index contributed by atoms with van der Waals surface area (Å²) in [4.78, 5) is 0. The molecule has 0 amide bonds. The second-order valence-corrected chi connectivity index (χ2v) is 5.01. The summed E-state index contributed by atoms with van der Waals surface area (Å²) in [6, 6.07) is 3.75. The third kappa shape index (κ3) is 3.19. The maximum absolute atomic E-state index is 9.44. The molecule has 1 aromatic carbocycles. The van der Waals surface area contributed by atoms with Gasteiger partial charge in [-0.05, 0) is 24.5 Å². The van der Waals surface area contributed by atoms with Crippen molar-refractivity contribution in [2.24, 2.45) is 5.92 Å². The van der Waals surface area contributed by atoms with Crippen LogP contribution in [0.4, 0.5) is 5.69 Å². The summed E-state index contributed by atoms with van der Waals surface area (Å²) in [5.74, 6) is 0.461. The summed E-state index contributed by atoms with van der Waals surface area (Å²) in [7, 11) is 0. The van der Waals surface area contributed by atoms with Crippen LogP contribution in [0.2, 0.25) is 10.0 Å². The lowest BCUT2D eigenvalue weighted by Gasteiger charge is -2.22. The Balaban J connectivity index is 2.89. The first-order chi connectivity index (χ1) is 7.45. The number of anilines is 1. The molecule has 0 aliphatic heterocycles. The molecule has 0 aliphatic rings. The molecule has 0 aromatic heterocycles. The van der Waals surface area contributed by atoms with Gasteiger partial charge in [-0.25, -0.2) is 0 Å². The number of nitrogens with one attached hydrogen (secondary N) is 1. The zero-order valence-electron chi connectivity index (χ0n) is 9.72. The minimum Gasteiger partial charge on any atom is -0.505 e. The largest absolute Gasteiger partial charge is 0.505 e. The van der Waals surface area contributed by atoms with Crippen LogP contribution in [0.1, 0.15) is 27.2 Å². The van der Waals surface area contributed by atoms with Gasteiger partial charge in [0.25, 0.3) is 0 Å². The summed E-state index contributed by atoms with van der Waals surface area (Å²) in [5, 5.41) is 13.3. The van der Waals surface area contributed by atoms with E-state index < -0.39 is 0 Å². The third-order valence-electron chi connectivity index (χ3n) is 2.61. The molecule has 0 heterocycles. The number of phenolic OH excluding ortho intramolecular Hbond substituents is 1. The van der Waals surface area contributed by atoms with Crippen molar-refractivity contribution in [3.05, 3.63) is 22.2 Å². The minimum absolute atomic E-state index is 0.0634. The molecule has 2 nitrogen and oxygen atoms in total. The Morgan fingerprint density at radius 2 is 1.75 bits per heavy atom. The zero-order valence-corrected chi connectivity index (χ0v) is 11.2. The quantitative estimate of drug-likeness (QED) is 0.780. The lowest BCUT2D eigenvalue weighted by molar-refractivity contribution is 0.475. The maximum atomic E-state index is 9.44. The van der Waals surface area contributed by atoms with E-state index in [2.05, 4.69) is 26.1 Å². The average Bonchev–Trinajstić information content (AvgIpc) is 2.21. The van der Waals surface area contributed by atoms with Crippen molar-refractivity contribution >= 4 is 28.9 Å². The number of hydrogen-bond donors (Lipinski definition) is 2. The van der Waals surface area contributed by atoms with Crippen LogP contribution in [0.15, 0.2) is 12.1 Å². The van der Waals surface area contributed by atoms with E-state index in [4.69, 9.17) is 23.2 Å². The Labute approximate surface area is 107 Å². The second-order valence-electron chi connectivity index (χ2n) is 4.19. The fourth-order valence-electron chi connectivity index (χ4n) is 1.60. The zero-order chi connectivity index (χ0) is 12.3. The van der Waals surface area contributed by atoms with Crippen LogP contribution in [0.3, 0.4) is 0 Å². The van der Waals surface area contributed by atoms with Gasteiger partial charge in [0.05, 0.1) is 10.0 Å². The lowest BCUT2D eigenvalue weighted by atomic mass is 10.0. The number of aromatic hydroxyl groups is 1. The van der Waals surface area contributed by atoms with Crippen molar-refractivity contribution in [1.29, 1.82) is 0 Å². The van der Waals surface area contributed by atoms with E-state index in [1.807, 2.05) is 0 Å². The van der Waals surface area contributed by atoms with Crippen LogP contribution >= 0.6 is 23.2 Å². The van der Waals surface area contributed by atoms with Crippen LogP contribution in [0.25, 0.3) is 0 Å². The highest BCUT2D eigenvalue weighted by molar-refractivity contribution is 6.37. The van der Waals surface area contributed by atoms with E-state index in [0.29, 0.717) is 12.0 Å². The molecule has 0 fully saturated rings. The SMILES string of the molecule is CCC(Nc1cc(Cl)c(O)c(Cl)c1)C(C)C. The molecule has 0 spiro atoms. The molecule has 0 radical (unpaired) electrons. The van der Waals surface area contributed by atoms with Gasteiger partial charge in [-0.1, -0.05) is 44.0 Å². The van der Waals surface area contributed by atoms with Crippen molar-refractivity contribution in [2.75, 3.05) is 5.32 Å². The van der Waals surface area contributed by atoms with E-state index in [0.717, 1.165) is 12.1 Å². The molecule has 0 saturated carbocycles. The standard InChI is InChI=1S/C12H17Cl2NO/c1-4-11(7(2)3)15-8-5-9(13)12(16)10(14)6-8/h5-7,11,15-16H,4H2,1-3H3. The molecular formula is C12H17Cl2NO. The van der Waals surface area contributed by atoms with Crippen LogP contribution in [-0.4, -0.2) is 11.1 Å². The summed E-state index contributed by atoms with van der Waals surface area (Å²) in [5.41, 5.74) is 0.841. The Hall–Kier alpha value is -0.600. The monoisotopic (exact) mass is 261 g/mol. The Bertz CT molecular complexity index is 343. The molecule has 1 atom stereocenters. The number of hydrogen-bond acceptors (Lipinski definition) is 2. The highest BCUT2D eigenvalue weighted by Gasteiger charge is 2.12. The predicted molar refractivity (Wildman–Crippen MR) is 70.7 cm³/mol. The van der Waals surface area contributed by atoms with Gasteiger partial charge in [-0.15, -0.1) is 0 Å². The fraction of sp³-hybridized carbons (Fsp3) is 0.500. The molecule has 1 unspecified atom stereocenters. The smallest absolute Gasteiger partial charge is 0.152 e. The first kappa shape index (κ1) is 13.5. The van der Waals surface area contributed by atoms with Crippen molar-refractivity contribution in [1.82, 2.24) is 0 Å². The van der Waals surface area contributed by atoms with E-state index in [1.54, 1.807) is 12.1 Å². The van der Waals surface area contributed by atoms with Gasteiger partial charge in [0, 0.05) is 11.7 Å². The van der Waals surface area contributed by atoms with Crippen LogP contribution in [-0.2, 0) is 0 Å². The number of benzene rings is 1. The Morgan fingerprint density at radius 3 is 2.12 bits per heavy atom. The van der Waals surface area contributed by atoms with Crippen LogP contribution in [0, 0.1) is 5.92 Å². The number of halogens is 2. The average molecular weight is 262 g/mol. The molecule has 16 heavy (non-hydrogen) atoms. The molecule has 0 bridgehead atoms. The van der Waals surface area contributed by atoms with Gasteiger partial charge in [-0.2, -0.15) is 0 Å². The molecule has 1 aromatic rings. The van der Waals surface area contributed by atoms with E-state index in [1.165, 1.54) is 0 Å². The summed E-state index contributed by atoms with van der Waals surface area (Å²) >= 11 is 11.7. The first-order valence-corrected chi connectivity index (χ1v) is 6.15. The predicted octanol–water partition coefficient (Wildman–Crippen LogP) is 4.55. The van der Waals surface area contributed by atoms with Gasteiger partial charge in [0.2, 0.25) is 0 Å². The van der Waals surface area contributed by atoms with Gasteiger partial charge in [0.1, 0.15) is 0 Å². The lowest BCUT2D eigenvalue weighted by Crippen LogP contribution is -2.24. The second kappa shape index (κ2) is 5.65. The molecule has 1 rings (SSSR count). The number of phenols is 1. The molecule has 0 aliphatic carbocycles. The highest BCUT2D eigenvalue weighted by Crippen LogP contribution is 2.35. The maximum Gasteiger partial charge on any atom is 0.152 e. The van der Waals surface area contributed by atoms with Crippen molar-refractivity contribution in [2.45, 2.75) is 33.2 Å². The highest BCUT2D eigenvalue weighted by atomic mass is 35.5. The third-order valence-corrected chi connectivity index (χ3v) is 3.19. The fourth-order valence-corrected chi connectivity index (χ4v) is 2.09. The van der Waals surface area contributed by atoms with Gasteiger partial charge in [-0.3, -0.25) is 0 Å². The van der Waals surface area contributed by atoms with E-state index in [-0.39, 0.29) is 15.8 Å². The molecule has 0 saturated heterocycles. The molecular weight excluding hydrogens is 245 g/mol. The van der Waals surface area contributed by atoms with E-state index >= 15 is 0 Å². The molecule has 2 N–H and O–H groups in total. The van der Waals surface area contributed by atoms with Crippen LogP contribution < -0.4 is 5.32 Å². The van der Waals surface area contributed by atoms with Gasteiger partial charge < -0.3 is 10.4 Å². The van der Waals surface area contributed by atoms with Gasteiger partial charge >= 0.3 is 0 Å². The molecule has 4 heteroatoms. The van der Waals surface area contributed by atoms with Crippen molar-refractivity contribution in [3.63, 3.8) is 0 Å².